The molecule has 6 heteroatoms. The molecule has 0 saturated carbocycles. The van der Waals surface area contributed by atoms with E-state index in [4.69, 9.17) is 4.42 Å². The van der Waals surface area contributed by atoms with Gasteiger partial charge in [-0.2, -0.15) is 0 Å². The largest absolute Gasteiger partial charge is 0.462 e. The van der Waals surface area contributed by atoms with Gasteiger partial charge in [0, 0.05) is 5.56 Å². The van der Waals surface area contributed by atoms with Gasteiger partial charge in [0.25, 0.3) is 0 Å². The van der Waals surface area contributed by atoms with Crippen molar-refractivity contribution in [2.45, 2.75) is 0 Å². The lowest BCUT2D eigenvalue weighted by Crippen LogP contribution is -2.14. The Morgan fingerprint density at radius 2 is 1.94 bits per heavy atom. The van der Waals surface area contributed by atoms with Gasteiger partial charge >= 0.3 is 17.5 Å². The molecule has 0 aliphatic rings. The highest BCUT2D eigenvalue weighted by Gasteiger charge is 2.15. The second-order valence-electron chi connectivity index (χ2n) is 3.10. The van der Waals surface area contributed by atoms with E-state index in [-0.39, 0.29) is 5.69 Å². The average molecular weight is 232 g/mol. The van der Waals surface area contributed by atoms with Crippen molar-refractivity contribution in [2.24, 2.45) is 0 Å². The van der Waals surface area contributed by atoms with Crippen LogP contribution >= 0.6 is 0 Å². The topological polar surface area (TPSA) is 82.3 Å². The number of esters is 1. The minimum absolute atomic E-state index is 0.0539. The molecule has 0 spiro atoms. The highest BCUT2D eigenvalue weighted by molar-refractivity contribution is 5.83. The van der Waals surface area contributed by atoms with Crippen LogP contribution in [0.2, 0.25) is 0 Å². The lowest BCUT2D eigenvalue weighted by atomic mass is 10.2. The molecule has 0 saturated heterocycles. The number of carbonyl (C=O) groups excluding carboxylic acids is 1. The minimum atomic E-state index is -0.839. The number of aromatic nitrogens is 2. The third kappa shape index (κ3) is 2.20. The lowest BCUT2D eigenvalue weighted by molar-refractivity contribution is 0.0545. The van der Waals surface area contributed by atoms with Crippen LogP contribution in [0.5, 0.6) is 0 Å². The summed E-state index contributed by atoms with van der Waals surface area (Å²) in [5, 5.41) is 7.16. The molecule has 2 rings (SSSR count). The van der Waals surface area contributed by atoms with Crippen LogP contribution in [-0.4, -0.2) is 23.3 Å². The normalized spacial score (nSPS) is 9.94. The number of methoxy groups -OCH3 is 1. The third-order valence-corrected chi connectivity index (χ3v) is 2.03. The highest BCUT2D eigenvalue weighted by Crippen LogP contribution is 2.10. The number of rotatable bonds is 2. The van der Waals surface area contributed by atoms with Crippen molar-refractivity contribution in [2.75, 3.05) is 7.11 Å². The monoisotopic (exact) mass is 232 g/mol. The first kappa shape index (κ1) is 11.0. The first-order valence-electron chi connectivity index (χ1n) is 4.74. The summed E-state index contributed by atoms with van der Waals surface area (Å²) in [4.78, 5) is 22.6. The molecule has 1 aromatic heterocycles. The molecule has 0 fully saturated rings. The molecule has 0 amide bonds. The van der Waals surface area contributed by atoms with Crippen LogP contribution in [0, 0.1) is 0 Å². The molecule has 2 aromatic rings. The van der Waals surface area contributed by atoms with Crippen molar-refractivity contribution in [1.29, 1.82) is 0 Å². The van der Waals surface area contributed by atoms with Crippen molar-refractivity contribution in [3.63, 3.8) is 0 Å². The second kappa shape index (κ2) is 4.56. The highest BCUT2D eigenvalue weighted by atomic mass is 16.5. The van der Waals surface area contributed by atoms with E-state index in [2.05, 4.69) is 14.9 Å². The first-order valence-corrected chi connectivity index (χ1v) is 4.74. The number of hydrogen-bond donors (Lipinski definition) is 0. The van der Waals surface area contributed by atoms with Gasteiger partial charge in [0.1, 0.15) is 0 Å². The molecule has 1 aromatic carbocycles. The predicted octanol–water partition coefficient (Wildman–Crippen LogP) is 0.883. The second-order valence-corrected chi connectivity index (χ2v) is 3.10. The number of benzene rings is 1. The van der Waals surface area contributed by atoms with Gasteiger partial charge in [-0.15, -0.1) is 10.2 Å². The van der Waals surface area contributed by atoms with E-state index in [1.807, 2.05) is 0 Å². The van der Waals surface area contributed by atoms with Crippen LogP contribution in [0.1, 0.15) is 10.7 Å². The molecule has 6 nitrogen and oxygen atoms in total. The van der Waals surface area contributed by atoms with E-state index in [9.17, 15) is 9.59 Å². The molecule has 17 heavy (non-hydrogen) atoms. The van der Waals surface area contributed by atoms with Gasteiger partial charge < -0.3 is 9.15 Å². The van der Waals surface area contributed by atoms with Gasteiger partial charge in [0.15, 0.2) is 5.69 Å². The molecule has 0 radical (unpaired) electrons. The Hall–Kier alpha value is -2.50. The summed E-state index contributed by atoms with van der Waals surface area (Å²) in [6, 6.07) is 8.70. The number of hydrogen-bond acceptors (Lipinski definition) is 6. The van der Waals surface area contributed by atoms with Crippen molar-refractivity contribution in [3.8, 4) is 11.3 Å². The molecule has 0 aliphatic carbocycles. The molecule has 0 N–H and O–H groups in total. The Balaban J connectivity index is 2.46. The fourth-order valence-corrected chi connectivity index (χ4v) is 1.23. The van der Waals surface area contributed by atoms with Crippen LogP contribution in [0.25, 0.3) is 11.3 Å². The SMILES string of the molecule is COC(=O)c1nnc(-c2ccccc2)c(=O)o1. The van der Waals surface area contributed by atoms with E-state index in [0.29, 0.717) is 5.56 Å². The zero-order valence-corrected chi connectivity index (χ0v) is 8.91. The molecule has 1 heterocycles. The Morgan fingerprint density at radius 1 is 1.24 bits per heavy atom. The molecular weight excluding hydrogens is 224 g/mol. The van der Waals surface area contributed by atoms with Crippen LogP contribution in [0.3, 0.4) is 0 Å². The number of ether oxygens (including phenoxy) is 1. The van der Waals surface area contributed by atoms with Gasteiger partial charge in [0.05, 0.1) is 7.11 Å². The Labute approximate surface area is 95.9 Å². The van der Waals surface area contributed by atoms with Crippen molar-refractivity contribution >= 4 is 5.97 Å². The van der Waals surface area contributed by atoms with E-state index < -0.39 is 17.5 Å². The molecule has 0 unspecified atom stereocenters. The number of carbonyl (C=O) groups is 1. The zero-order chi connectivity index (χ0) is 12.3. The summed E-state index contributed by atoms with van der Waals surface area (Å²) in [7, 11) is 1.16. The summed E-state index contributed by atoms with van der Waals surface area (Å²) >= 11 is 0. The van der Waals surface area contributed by atoms with E-state index in [0.717, 1.165) is 7.11 Å². The van der Waals surface area contributed by atoms with Crippen molar-refractivity contribution < 1.29 is 13.9 Å². The maximum atomic E-state index is 11.6. The van der Waals surface area contributed by atoms with Gasteiger partial charge in [0.2, 0.25) is 0 Å². The quantitative estimate of drug-likeness (QED) is 0.715. The summed E-state index contributed by atoms with van der Waals surface area (Å²) in [5.74, 6) is -1.30. The van der Waals surface area contributed by atoms with Gasteiger partial charge in [-0.3, -0.25) is 0 Å². The smallest absolute Gasteiger partial charge is 0.396 e. The van der Waals surface area contributed by atoms with Crippen LogP contribution in [0.4, 0.5) is 0 Å². The predicted molar refractivity (Wildman–Crippen MR) is 57.3 cm³/mol. The molecule has 86 valence electrons. The molecule has 0 atom stereocenters. The zero-order valence-electron chi connectivity index (χ0n) is 8.91. The van der Waals surface area contributed by atoms with Gasteiger partial charge in [-0.1, -0.05) is 30.3 Å². The Morgan fingerprint density at radius 3 is 2.53 bits per heavy atom. The lowest BCUT2D eigenvalue weighted by Gasteiger charge is -1.98. The Bertz CT molecular complexity index is 592. The van der Waals surface area contributed by atoms with E-state index >= 15 is 0 Å². The minimum Gasteiger partial charge on any atom is -0.462 e. The van der Waals surface area contributed by atoms with Crippen LogP contribution in [-0.2, 0) is 4.74 Å². The van der Waals surface area contributed by atoms with Gasteiger partial charge in [-0.25, -0.2) is 9.59 Å². The van der Waals surface area contributed by atoms with Crippen LogP contribution < -0.4 is 5.63 Å². The maximum Gasteiger partial charge on any atom is 0.396 e. The summed E-state index contributed by atoms with van der Waals surface area (Å²) in [5.41, 5.74) is -0.102. The molecule has 0 aliphatic heterocycles. The van der Waals surface area contributed by atoms with E-state index in [1.54, 1.807) is 30.3 Å². The average Bonchev–Trinajstić information content (AvgIpc) is 2.38. The molecular formula is C11H8N2O4. The maximum absolute atomic E-state index is 11.6. The van der Waals surface area contributed by atoms with Gasteiger partial charge in [-0.05, 0) is 0 Å². The summed E-state index contributed by atoms with van der Waals surface area (Å²) in [6.45, 7) is 0. The fraction of sp³-hybridized carbons (Fsp3) is 0.0909. The standard InChI is InChI=1S/C11H8N2O4/c1-16-11(15)9-13-12-8(10(14)17-9)7-5-3-2-4-6-7/h2-6H,1H3. The van der Waals surface area contributed by atoms with Crippen molar-refractivity contribution in [1.82, 2.24) is 10.2 Å². The number of nitrogens with zero attached hydrogens (tertiary/aromatic N) is 2. The van der Waals surface area contributed by atoms with Crippen LogP contribution in [0.15, 0.2) is 39.5 Å². The molecule has 0 bridgehead atoms. The third-order valence-electron chi connectivity index (χ3n) is 2.03. The summed E-state index contributed by atoms with van der Waals surface area (Å²) < 4.78 is 9.07. The van der Waals surface area contributed by atoms with Crippen molar-refractivity contribution in [3.05, 3.63) is 46.6 Å². The summed E-state index contributed by atoms with van der Waals surface area (Å²) in [6.07, 6.45) is 0. The Kier molecular flexibility index (Phi) is 2.95. The van der Waals surface area contributed by atoms with E-state index in [1.165, 1.54) is 0 Å². The fourth-order valence-electron chi connectivity index (χ4n) is 1.23. The first-order chi connectivity index (χ1) is 8.22.